The highest BCUT2D eigenvalue weighted by Gasteiger charge is 2.22. The number of nitrogens with zero attached hydrogens (tertiary/aromatic N) is 3. The van der Waals surface area contributed by atoms with Crippen molar-refractivity contribution in [1.29, 1.82) is 5.26 Å². The molecule has 2 N–H and O–H groups in total. The smallest absolute Gasteiger partial charge is 0.274 e. The van der Waals surface area contributed by atoms with Crippen molar-refractivity contribution in [1.82, 2.24) is 9.97 Å². The molecule has 1 amide bonds. The zero-order valence-electron chi connectivity index (χ0n) is 12.1. The number of carbonyl (C=O) groups is 1. The first-order valence-corrected chi connectivity index (χ1v) is 7.08. The minimum Gasteiger partial charge on any atom is -0.367 e. The molecule has 0 aliphatic heterocycles. The van der Waals surface area contributed by atoms with Crippen molar-refractivity contribution in [2.24, 2.45) is 0 Å². The van der Waals surface area contributed by atoms with Gasteiger partial charge in [-0.15, -0.1) is 0 Å². The topological polar surface area (TPSA) is 90.7 Å². The first-order valence-electron chi connectivity index (χ1n) is 7.08. The van der Waals surface area contributed by atoms with Gasteiger partial charge in [0.15, 0.2) is 0 Å². The van der Waals surface area contributed by atoms with E-state index in [1.165, 1.54) is 0 Å². The molecule has 3 rings (SSSR count). The third-order valence-electron chi connectivity index (χ3n) is 3.25. The van der Waals surface area contributed by atoms with Crippen LogP contribution in [0.1, 0.15) is 34.7 Å². The summed E-state index contributed by atoms with van der Waals surface area (Å²) in [6.45, 7) is 1.76. The van der Waals surface area contributed by atoms with E-state index in [1.807, 2.05) is 6.07 Å². The average Bonchev–Trinajstić information content (AvgIpc) is 3.30. The Balaban J connectivity index is 1.78. The van der Waals surface area contributed by atoms with E-state index >= 15 is 0 Å². The van der Waals surface area contributed by atoms with Crippen LogP contribution in [0.4, 0.5) is 11.5 Å². The van der Waals surface area contributed by atoms with E-state index in [1.54, 1.807) is 37.3 Å². The Kier molecular flexibility index (Phi) is 3.71. The summed E-state index contributed by atoms with van der Waals surface area (Å²) >= 11 is 0. The van der Waals surface area contributed by atoms with Gasteiger partial charge in [0.2, 0.25) is 0 Å². The predicted molar refractivity (Wildman–Crippen MR) is 82.5 cm³/mol. The van der Waals surface area contributed by atoms with Crippen LogP contribution in [0.2, 0.25) is 0 Å². The highest BCUT2D eigenvalue weighted by atomic mass is 16.1. The number of nitriles is 1. The Hall–Kier alpha value is -2.94. The second-order valence-electron chi connectivity index (χ2n) is 5.25. The molecule has 0 saturated heterocycles. The van der Waals surface area contributed by atoms with E-state index in [-0.39, 0.29) is 5.91 Å². The highest BCUT2D eigenvalue weighted by Crippen LogP contribution is 2.24. The summed E-state index contributed by atoms with van der Waals surface area (Å²) in [7, 11) is 0. The maximum absolute atomic E-state index is 12.3. The fraction of sp³-hybridized carbons (Fsp3) is 0.250. The van der Waals surface area contributed by atoms with Crippen LogP contribution in [-0.4, -0.2) is 21.9 Å². The average molecular weight is 293 g/mol. The Morgan fingerprint density at radius 2 is 2.14 bits per heavy atom. The van der Waals surface area contributed by atoms with E-state index < -0.39 is 0 Å². The lowest BCUT2D eigenvalue weighted by Crippen LogP contribution is -2.16. The molecule has 1 saturated carbocycles. The Bertz CT molecular complexity index is 761. The number of hydrogen-bond acceptors (Lipinski definition) is 5. The fourth-order valence-electron chi connectivity index (χ4n) is 2.06. The van der Waals surface area contributed by atoms with E-state index in [4.69, 9.17) is 5.26 Å². The molecular formula is C16H15N5O. The maximum atomic E-state index is 12.3. The zero-order chi connectivity index (χ0) is 15.5. The number of aromatic nitrogens is 2. The van der Waals surface area contributed by atoms with Gasteiger partial charge in [-0.3, -0.25) is 4.79 Å². The summed E-state index contributed by atoms with van der Waals surface area (Å²) in [6.07, 6.45) is 2.26. The Morgan fingerprint density at radius 1 is 1.32 bits per heavy atom. The molecule has 22 heavy (non-hydrogen) atoms. The van der Waals surface area contributed by atoms with Crippen LogP contribution in [0.5, 0.6) is 0 Å². The molecule has 1 aromatic carbocycles. The molecular weight excluding hydrogens is 278 g/mol. The second kappa shape index (κ2) is 5.82. The number of hydrogen-bond donors (Lipinski definition) is 2. The number of nitrogens with one attached hydrogen (secondary N) is 2. The van der Waals surface area contributed by atoms with Crippen LogP contribution in [-0.2, 0) is 0 Å². The highest BCUT2D eigenvalue weighted by molar-refractivity contribution is 6.03. The van der Waals surface area contributed by atoms with Gasteiger partial charge in [-0.25, -0.2) is 9.97 Å². The van der Waals surface area contributed by atoms with Gasteiger partial charge in [0.1, 0.15) is 17.3 Å². The largest absolute Gasteiger partial charge is 0.367 e. The molecule has 2 aromatic rings. The van der Waals surface area contributed by atoms with Crippen molar-refractivity contribution in [3.63, 3.8) is 0 Å². The third kappa shape index (κ3) is 3.38. The second-order valence-corrected chi connectivity index (χ2v) is 5.25. The summed E-state index contributed by atoms with van der Waals surface area (Å²) in [6, 6.07) is 10.9. The quantitative estimate of drug-likeness (QED) is 0.903. The molecule has 0 spiro atoms. The van der Waals surface area contributed by atoms with Gasteiger partial charge < -0.3 is 10.6 Å². The normalized spacial score (nSPS) is 13.3. The van der Waals surface area contributed by atoms with E-state index in [0.717, 1.165) is 12.8 Å². The number of amides is 1. The summed E-state index contributed by atoms with van der Waals surface area (Å²) < 4.78 is 0. The first kappa shape index (κ1) is 14.0. The van der Waals surface area contributed by atoms with Crippen molar-refractivity contribution in [3.05, 3.63) is 47.4 Å². The fourth-order valence-corrected chi connectivity index (χ4v) is 2.06. The minimum atomic E-state index is -0.320. The molecule has 0 radical (unpaired) electrons. The van der Waals surface area contributed by atoms with Crippen LogP contribution >= 0.6 is 0 Å². The van der Waals surface area contributed by atoms with Crippen LogP contribution in [0.3, 0.4) is 0 Å². The number of anilines is 2. The van der Waals surface area contributed by atoms with Crippen molar-refractivity contribution in [3.8, 4) is 6.07 Å². The van der Waals surface area contributed by atoms with Crippen LogP contribution in [0, 0.1) is 18.3 Å². The SMILES string of the molecule is Cc1nc(NC2CC2)cc(C(=O)Nc2cccc(C#N)c2)n1. The van der Waals surface area contributed by atoms with Gasteiger partial charge in [-0.1, -0.05) is 6.07 Å². The van der Waals surface area contributed by atoms with Gasteiger partial charge in [-0.2, -0.15) is 5.26 Å². The molecule has 110 valence electrons. The van der Waals surface area contributed by atoms with E-state index in [9.17, 15) is 4.79 Å². The van der Waals surface area contributed by atoms with Crippen molar-refractivity contribution in [2.45, 2.75) is 25.8 Å². The summed E-state index contributed by atoms with van der Waals surface area (Å²) in [4.78, 5) is 20.8. The van der Waals surface area contributed by atoms with Crippen LogP contribution in [0.25, 0.3) is 0 Å². The molecule has 0 bridgehead atoms. The van der Waals surface area contributed by atoms with Crippen molar-refractivity contribution >= 4 is 17.4 Å². The maximum Gasteiger partial charge on any atom is 0.274 e. The zero-order valence-corrected chi connectivity index (χ0v) is 12.1. The van der Waals surface area contributed by atoms with E-state index in [2.05, 4.69) is 20.6 Å². The van der Waals surface area contributed by atoms with Gasteiger partial charge in [0.05, 0.1) is 11.6 Å². The molecule has 0 unspecified atom stereocenters. The standard InChI is InChI=1S/C16H15N5O/c1-10-18-14(8-15(19-10)20-12-5-6-12)16(22)21-13-4-2-3-11(7-13)9-17/h2-4,7-8,12H,5-6H2,1H3,(H,21,22)(H,18,19,20). The molecule has 0 atom stereocenters. The third-order valence-corrected chi connectivity index (χ3v) is 3.25. The Labute approximate surface area is 128 Å². The van der Waals surface area contributed by atoms with Gasteiger partial charge in [0, 0.05) is 17.8 Å². The lowest BCUT2D eigenvalue weighted by molar-refractivity contribution is 0.102. The lowest BCUT2D eigenvalue weighted by Gasteiger charge is -2.08. The van der Waals surface area contributed by atoms with Gasteiger partial charge in [-0.05, 0) is 38.0 Å². The Morgan fingerprint density at radius 3 is 2.86 bits per heavy atom. The summed E-state index contributed by atoms with van der Waals surface area (Å²) in [5, 5.41) is 14.9. The van der Waals surface area contributed by atoms with Crippen molar-refractivity contribution < 1.29 is 4.79 Å². The molecule has 1 aliphatic carbocycles. The first-order chi connectivity index (χ1) is 10.6. The van der Waals surface area contributed by atoms with Crippen LogP contribution < -0.4 is 10.6 Å². The van der Waals surface area contributed by atoms with E-state index in [0.29, 0.717) is 34.6 Å². The summed E-state index contributed by atoms with van der Waals surface area (Å²) in [5.41, 5.74) is 1.36. The number of aryl methyl sites for hydroxylation is 1. The number of carbonyl (C=O) groups excluding carboxylic acids is 1. The number of rotatable bonds is 4. The molecule has 6 nitrogen and oxygen atoms in total. The minimum absolute atomic E-state index is 0.304. The molecule has 1 heterocycles. The molecule has 1 aromatic heterocycles. The molecule has 6 heteroatoms. The monoisotopic (exact) mass is 293 g/mol. The van der Waals surface area contributed by atoms with Gasteiger partial charge in [0.25, 0.3) is 5.91 Å². The molecule has 1 fully saturated rings. The van der Waals surface area contributed by atoms with Crippen molar-refractivity contribution in [2.75, 3.05) is 10.6 Å². The molecule has 1 aliphatic rings. The van der Waals surface area contributed by atoms with Crippen LogP contribution in [0.15, 0.2) is 30.3 Å². The number of benzene rings is 1. The predicted octanol–water partition coefficient (Wildman–Crippen LogP) is 2.48. The summed E-state index contributed by atoms with van der Waals surface area (Å²) in [5.74, 6) is 0.895. The van der Waals surface area contributed by atoms with Gasteiger partial charge >= 0.3 is 0 Å². The lowest BCUT2D eigenvalue weighted by atomic mass is 10.2.